The Morgan fingerprint density at radius 2 is 1.76 bits per heavy atom. The zero-order chi connectivity index (χ0) is 15.5. The van der Waals surface area contributed by atoms with Crippen LogP contribution in [-0.4, -0.2) is 15.1 Å². The molecular formula is C18H24N2O. The highest BCUT2D eigenvalue weighted by molar-refractivity contribution is 5.34. The summed E-state index contributed by atoms with van der Waals surface area (Å²) in [6.07, 6.45) is 3.13. The van der Waals surface area contributed by atoms with Gasteiger partial charge < -0.3 is 5.11 Å². The van der Waals surface area contributed by atoms with E-state index in [1.165, 1.54) is 5.56 Å². The van der Waals surface area contributed by atoms with Gasteiger partial charge in [-0.25, -0.2) is 9.97 Å². The number of hydrogen-bond acceptors (Lipinski definition) is 3. The summed E-state index contributed by atoms with van der Waals surface area (Å²) in [5.41, 5.74) is 2.74. The second kappa shape index (κ2) is 6.35. The molecule has 0 aliphatic carbocycles. The van der Waals surface area contributed by atoms with Gasteiger partial charge in [-0.1, -0.05) is 44.2 Å². The molecule has 2 aromatic rings. The second-order valence-corrected chi connectivity index (χ2v) is 5.57. The predicted molar refractivity (Wildman–Crippen MR) is 85.2 cm³/mol. The first-order chi connectivity index (χ1) is 10.0. The van der Waals surface area contributed by atoms with E-state index in [9.17, 15) is 5.11 Å². The van der Waals surface area contributed by atoms with E-state index < -0.39 is 6.10 Å². The molecule has 2 rings (SSSR count). The van der Waals surface area contributed by atoms with Gasteiger partial charge in [-0.15, -0.1) is 0 Å². The van der Waals surface area contributed by atoms with Crippen molar-refractivity contribution >= 4 is 0 Å². The number of hydrogen-bond donors (Lipinski definition) is 1. The molecule has 0 bridgehead atoms. The summed E-state index contributed by atoms with van der Waals surface area (Å²) < 4.78 is 0. The Morgan fingerprint density at radius 1 is 1.14 bits per heavy atom. The molecule has 0 aliphatic heterocycles. The van der Waals surface area contributed by atoms with Gasteiger partial charge in [-0.3, -0.25) is 0 Å². The van der Waals surface area contributed by atoms with Crippen LogP contribution < -0.4 is 0 Å². The van der Waals surface area contributed by atoms with Crippen molar-refractivity contribution in [1.29, 1.82) is 0 Å². The average molecular weight is 284 g/mol. The molecule has 3 nitrogen and oxygen atoms in total. The van der Waals surface area contributed by atoms with E-state index in [2.05, 4.69) is 43.1 Å². The molecule has 0 radical (unpaired) electrons. The van der Waals surface area contributed by atoms with Crippen molar-refractivity contribution in [2.45, 2.75) is 52.1 Å². The molecule has 21 heavy (non-hydrogen) atoms. The first kappa shape index (κ1) is 15.6. The third-order valence-corrected chi connectivity index (χ3v) is 4.43. The lowest BCUT2D eigenvalue weighted by molar-refractivity contribution is 0.197. The largest absolute Gasteiger partial charge is 0.389 e. The lowest BCUT2D eigenvalue weighted by Crippen LogP contribution is -2.29. The van der Waals surface area contributed by atoms with Crippen LogP contribution in [0.25, 0.3) is 0 Å². The highest BCUT2D eigenvalue weighted by atomic mass is 16.3. The Labute approximate surface area is 127 Å². The molecule has 0 saturated carbocycles. The number of rotatable bonds is 5. The van der Waals surface area contributed by atoms with Crippen LogP contribution in [0.4, 0.5) is 0 Å². The van der Waals surface area contributed by atoms with Crippen LogP contribution in [0, 0.1) is 6.92 Å². The standard InChI is InChI=1S/C18H24N2O/c1-5-18(6-2,15-10-8-7-9-11-15)17-19-12-16(14(4)21)13(3)20-17/h7-12,14,21H,5-6H2,1-4H3/t14-/m1/s1. The zero-order valence-corrected chi connectivity index (χ0v) is 13.3. The summed E-state index contributed by atoms with van der Waals surface area (Å²) in [6.45, 7) is 8.04. The molecule has 3 heteroatoms. The van der Waals surface area contributed by atoms with Crippen molar-refractivity contribution in [2.24, 2.45) is 0 Å². The third-order valence-electron chi connectivity index (χ3n) is 4.43. The Balaban J connectivity index is 2.56. The molecule has 1 heterocycles. The van der Waals surface area contributed by atoms with Gasteiger partial charge in [0.2, 0.25) is 0 Å². The van der Waals surface area contributed by atoms with Gasteiger partial charge in [-0.2, -0.15) is 0 Å². The summed E-state index contributed by atoms with van der Waals surface area (Å²) in [7, 11) is 0. The Kier molecular flexibility index (Phi) is 4.73. The van der Waals surface area contributed by atoms with Crippen LogP contribution >= 0.6 is 0 Å². The first-order valence-corrected chi connectivity index (χ1v) is 7.62. The zero-order valence-electron chi connectivity index (χ0n) is 13.3. The number of aromatic nitrogens is 2. The van der Waals surface area contributed by atoms with Gasteiger partial charge in [0.05, 0.1) is 11.5 Å². The molecule has 1 N–H and O–H groups in total. The highest BCUT2D eigenvalue weighted by Gasteiger charge is 2.33. The fourth-order valence-electron chi connectivity index (χ4n) is 2.98. The number of benzene rings is 1. The summed E-state index contributed by atoms with van der Waals surface area (Å²) in [5, 5.41) is 9.75. The minimum absolute atomic E-state index is 0.163. The van der Waals surface area contributed by atoms with Crippen molar-refractivity contribution < 1.29 is 5.11 Å². The molecule has 1 aromatic heterocycles. The number of aliphatic hydroxyl groups is 1. The topological polar surface area (TPSA) is 46.0 Å². The lowest BCUT2D eigenvalue weighted by atomic mass is 9.75. The molecule has 0 saturated heterocycles. The second-order valence-electron chi connectivity index (χ2n) is 5.57. The number of nitrogens with zero attached hydrogens (tertiary/aromatic N) is 2. The molecule has 0 aliphatic rings. The predicted octanol–water partition coefficient (Wildman–Crippen LogP) is 3.94. The van der Waals surface area contributed by atoms with Crippen molar-refractivity contribution in [1.82, 2.24) is 9.97 Å². The smallest absolute Gasteiger partial charge is 0.139 e. The maximum absolute atomic E-state index is 9.75. The Hall–Kier alpha value is -1.74. The van der Waals surface area contributed by atoms with E-state index in [0.717, 1.165) is 29.9 Å². The maximum Gasteiger partial charge on any atom is 0.139 e. The Morgan fingerprint density at radius 3 is 2.24 bits per heavy atom. The van der Waals surface area contributed by atoms with Gasteiger partial charge in [0.1, 0.15) is 5.82 Å². The van der Waals surface area contributed by atoms with Crippen LogP contribution in [0.5, 0.6) is 0 Å². The van der Waals surface area contributed by atoms with Crippen LogP contribution in [0.15, 0.2) is 36.5 Å². The molecule has 1 atom stereocenters. The minimum Gasteiger partial charge on any atom is -0.389 e. The van der Waals surface area contributed by atoms with Crippen LogP contribution in [0.3, 0.4) is 0 Å². The quantitative estimate of drug-likeness (QED) is 0.904. The molecule has 0 unspecified atom stereocenters. The molecule has 0 amide bonds. The molecule has 112 valence electrons. The van der Waals surface area contributed by atoms with Gasteiger partial charge in [0, 0.05) is 17.5 Å². The fourth-order valence-corrected chi connectivity index (χ4v) is 2.98. The van der Waals surface area contributed by atoms with Gasteiger partial charge >= 0.3 is 0 Å². The van der Waals surface area contributed by atoms with Gasteiger partial charge in [0.15, 0.2) is 0 Å². The normalized spacial score (nSPS) is 13.2. The highest BCUT2D eigenvalue weighted by Crippen LogP contribution is 2.37. The van der Waals surface area contributed by atoms with Crippen molar-refractivity contribution in [2.75, 3.05) is 0 Å². The molecule has 1 aromatic carbocycles. The monoisotopic (exact) mass is 284 g/mol. The molecule has 0 spiro atoms. The Bertz CT molecular complexity index is 589. The summed E-state index contributed by atoms with van der Waals surface area (Å²) >= 11 is 0. The van der Waals surface area contributed by atoms with Crippen molar-refractivity contribution in [3.05, 3.63) is 59.2 Å². The van der Waals surface area contributed by atoms with E-state index in [1.807, 2.05) is 13.0 Å². The van der Waals surface area contributed by atoms with E-state index in [-0.39, 0.29) is 5.41 Å². The summed E-state index contributed by atoms with van der Waals surface area (Å²) in [6, 6.07) is 10.4. The van der Waals surface area contributed by atoms with E-state index in [4.69, 9.17) is 4.98 Å². The first-order valence-electron chi connectivity index (χ1n) is 7.62. The van der Waals surface area contributed by atoms with Gasteiger partial charge in [0.25, 0.3) is 0 Å². The van der Waals surface area contributed by atoms with Crippen LogP contribution in [0.2, 0.25) is 0 Å². The lowest BCUT2D eigenvalue weighted by Gasteiger charge is -2.31. The van der Waals surface area contributed by atoms with Crippen LogP contribution in [-0.2, 0) is 5.41 Å². The van der Waals surface area contributed by atoms with E-state index >= 15 is 0 Å². The molecular weight excluding hydrogens is 260 g/mol. The van der Waals surface area contributed by atoms with Gasteiger partial charge in [-0.05, 0) is 32.3 Å². The maximum atomic E-state index is 9.75. The third kappa shape index (κ3) is 2.84. The van der Waals surface area contributed by atoms with Crippen molar-refractivity contribution in [3.8, 4) is 0 Å². The number of aryl methyl sites for hydroxylation is 1. The number of aliphatic hydroxyl groups excluding tert-OH is 1. The fraction of sp³-hybridized carbons (Fsp3) is 0.444. The SMILES string of the molecule is CCC(CC)(c1ccccc1)c1ncc([C@@H](C)O)c(C)n1. The van der Waals surface area contributed by atoms with E-state index in [0.29, 0.717) is 0 Å². The average Bonchev–Trinajstić information content (AvgIpc) is 2.50. The molecule has 0 fully saturated rings. The van der Waals surface area contributed by atoms with Crippen LogP contribution in [0.1, 0.15) is 62.4 Å². The summed E-state index contributed by atoms with van der Waals surface area (Å²) in [5.74, 6) is 0.848. The summed E-state index contributed by atoms with van der Waals surface area (Å²) in [4.78, 5) is 9.29. The minimum atomic E-state index is -0.534. The van der Waals surface area contributed by atoms with Crippen molar-refractivity contribution in [3.63, 3.8) is 0 Å². The van der Waals surface area contributed by atoms with E-state index in [1.54, 1.807) is 13.1 Å².